The van der Waals surface area contributed by atoms with Gasteiger partial charge in [-0.15, -0.1) is 0 Å². The molecular weight excluding hydrogens is 202 g/mol. The molecule has 1 aliphatic rings. The maximum atomic E-state index is 11.5. The summed E-state index contributed by atoms with van der Waals surface area (Å²) < 4.78 is 0. The van der Waals surface area contributed by atoms with Crippen LogP contribution in [0.15, 0.2) is 10.9 Å². The third-order valence-electron chi connectivity index (χ3n) is 2.99. The van der Waals surface area contributed by atoms with Gasteiger partial charge in [0.05, 0.1) is 0 Å². The van der Waals surface area contributed by atoms with E-state index in [1.807, 2.05) is 6.92 Å². The first-order chi connectivity index (χ1) is 7.72. The minimum atomic E-state index is -0.0453. The zero-order valence-electron chi connectivity index (χ0n) is 9.99. The molecule has 4 heteroatoms. The Morgan fingerprint density at radius 1 is 1.50 bits per heavy atom. The van der Waals surface area contributed by atoms with Gasteiger partial charge < -0.3 is 9.88 Å². The second-order valence-corrected chi connectivity index (χ2v) is 4.39. The van der Waals surface area contributed by atoms with Crippen LogP contribution in [-0.2, 0) is 6.42 Å². The average molecular weight is 221 g/mol. The van der Waals surface area contributed by atoms with E-state index in [1.165, 1.54) is 12.8 Å². The highest BCUT2D eigenvalue weighted by atomic mass is 16.1. The van der Waals surface area contributed by atoms with Gasteiger partial charge in [0.25, 0.3) is 5.56 Å². The summed E-state index contributed by atoms with van der Waals surface area (Å²) in [4.78, 5) is 20.9. The first-order valence-electron chi connectivity index (χ1n) is 6.08. The predicted molar refractivity (Wildman–Crippen MR) is 64.8 cm³/mol. The number of hydrogen-bond acceptors (Lipinski definition) is 3. The standard InChI is InChI=1S/C12H19N3O/c1-3-10-13-11(7-12(16)14-10)15(4-2)8-9-5-6-9/h7,9H,3-6,8H2,1-2H3,(H,13,14,16). The smallest absolute Gasteiger partial charge is 0.252 e. The van der Waals surface area contributed by atoms with Crippen molar-refractivity contribution in [3.05, 3.63) is 22.2 Å². The highest BCUT2D eigenvalue weighted by molar-refractivity contribution is 5.37. The lowest BCUT2D eigenvalue weighted by Gasteiger charge is -2.21. The van der Waals surface area contributed by atoms with Crippen molar-refractivity contribution in [2.75, 3.05) is 18.0 Å². The Hall–Kier alpha value is -1.32. The van der Waals surface area contributed by atoms with Crippen molar-refractivity contribution in [1.82, 2.24) is 9.97 Å². The number of nitrogens with zero attached hydrogens (tertiary/aromatic N) is 2. The molecule has 1 saturated carbocycles. The molecule has 0 amide bonds. The van der Waals surface area contributed by atoms with E-state index in [1.54, 1.807) is 6.07 Å². The summed E-state index contributed by atoms with van der Waals surface area (Å²) in [6.45, 7) is 6.06. The number of rotatable bonds is 5. The quantitative estimate of drug-likeness (QED) is 0.821. The van der Waals surface area contributed by atoms with Crippen LogP contribution >= 0.6 is 0 Å². The first kappa shape index (κ1) is 11.2. The molecule has 0 aromatic carbocycles. The number of hydrogen-bond donors (Lipinski definition) is 1. The highest BCUT2D eigenvalue weighted by Gasteiger charge is 2.24. The van der Waals surface area contributed by atoms with E-state index in [4.69, 9.17) is 0 Å². The molecule has 2 rings (SSSR count). The fourth-order valence-electron chi connectivity index (χ4n) is 1.82. The minimum absolute atomic E-state index is 0.0453. The van der Waals surface area contributed by atoms with E-state index < -0.39 is 0 Å². The predicted octanol–water partition coefficient (Wildman–Crippen LogP) is 1.57. The van der Waals surface area contributed by atoms with Crippen molar-refractivity contribution < 1.29 is 0 Å². The summed E-state index contributed by atoms with van der Waals surface area (Å²) in [6.07, 6.45) is 3.41. The Balaban J connectivity index is 2.21. The molecular formula is C12H19N3O. The van der Waals surface area contributed by atoms with Gasteiger partial charge in [-0.3, -0.25) is 4.79 Å². The van der Waals surface area contributed by atoms with Crippen LogP contribution in [0, 0.1) is 5.92 Å². The number of anilines is 1. The van der Waals surface area contributed by atoms with Gasteiger partial charge in [-0.1, -0.05) is 6.92 Å². The van der Waals surface area contributed by atoms with Crippen molar-refractivity contribution in [2.45, 2.75) is 33.1 Å². The molecule has 0 bridgehead atoms. The molecule has 1 aromatic rings. The van der Waals surface area contributed by atoms with Gasteiger partial charge in [-0.25, -0.2) is 4.98 Å². The molecule has 0 spiro atoms. The third kappa shape index (κ3) is 2.62. The van der Waals surface area contributed by atoms with Gasteiger partial charge in [0.1, 0.15) is 11.6 Å². The van der Waals surface area contributed by atoms with Crippen LogP contribution in [0.2, 0.25) is 0 Å². The highest BCUT2D eigenvalue weighted by Crippen LogP contribution is 2.30. The van der Waals surface area contributed by atoms with Crippen LogP contribution in [-0.4, -0.2) is 23.1 Å². The van der Waals surface area contributed by atoms with Crippen molar-refractivity contribution in [2.24, 2.45) is 5.92 Å². The van der Waals surface area contributed by atoms with Crippen LogP contribution in [0.3, 0.4) is 0 Å². The summed E-state index contributed by atoms with van der Waals surface area (Å²) in [5.74, 6) is 2.41. The van der Waals surface area contributed by atoms with Crippen molar-refractivity contribution in [1.29, 1.82) is 0 Å². The fourth-order valence-corrected chi connectivity index (χ4v) is 1.82. The van der Waals surface area contributed by atoms with Crippen LogP contribution in [0.1, 0.15) is 32.5 Å². The SMILES string of the molecule is CCc1nc(N(CC)CC2CC2)cc(=O)[nH]1. The zero-order chi connectivity index (χ0) is 11.5. The number of aromatic amines is 1. The summed E-state index contributed by atoms with van der Waals surface area (Å²) in [7, 11) is 0. The summed E-state index contributed by atoms with van der Waals surface area (Å²) in [6, 6.07) is 1.60. The largest absolute Gasteiger partial charge is 0.356 e. The maximum absolute atomic E-state index is 11.5. The van der Waals surface area contributed by atoms with E-state index >= 15 is 0 Å². The molecule has 4 nitrogen and oxygen atoms in total. The Bertz CT molecular complexity index is 409. The van der Waals surface area contributed by atoms with Crippen molar-refractivity contribution in [3.63, 3.8) is 0 Å². The maximum Gasteiger partial charge on any atom is 0.252 e. The van der Waals surface area contributed by atoms with E-state index in [-0.39, 0.29) is 5.56 Å². The summed E-state index contributed by atoms with van der Waals surface area (Å²) in [5, 5.41) is 0. The monoisotopic (exact) mass is 221 g/mol. The van der Waals surface area contributed by atoms with Crippen molar-refractivity contribution >= 4 is 5.82 Å². The second-order valence-electron chi connectivity index (χ2n) is 4.39. The van der Waals surface area contributed by atoms with Gasteiger partial charge in [0, 0.05) is 25.6 Å². The molecule has 1 heterocycles. The van der Waals surface area contributed by atoms with Gasteiger partial charge in [0.2, 0.25) is 0 Å². The molecule has 0 radical (unpaired) electrons. The van der Waals surface area contributed by atoms with Gasteiger partial charge in [0.15, 0.2) is 0 Å². The molecule has 1 fully saturated rings. The van der Waals surface area contributed by atoms with Crippen LogP contribution in [0.4, 0.5) is 5.82 Å². The number of aromatic nitrogens is 2. The van der Waals surface area contributed by atoms with E-state index in [2.05, 4.69) is 21.8 Å². The van der Waals surface area contributed by atoms with E-state index in [9.17, 15) is 4.79 Å². The Kier molecular flexibility index (Phi) is 3.27. The number of H-pyrrole nitrogens is 1. The molecule has 0 saturated heterocycles. The molecule has 0 atom stereocenters. The molecule has 1 aromatic heterocycles. The Labute approximate surface area is 95.7 Å². The lowest BCUT2D eigenvalue weighted by Crippen LogP contribution is -2.28. The molecule has 88 valence electrons. The topological polar surface area (TPSA) is 49.0 Å². The van der Waals surface area contributed by atoms with Crippen LogP contribution in [0.25, 0.3) is 0 Å². The fraction of sp³-hybridized carbons (Fsp3) is 0.667. The van der Waals surface area contributed by atoms with Crippen molar-refractivity contribution in [3.8, 4) is 0 Å². The van der Waals surface area contributed by atoms with E-state index in [0.717, 1.165) is 37.1 Å². The van der Waals surface area contributed by atoms with E-state index in [0.29, 0.717) is 0 Å². The molecule has 0 unspecified atom stereocenters. The summed E-state index contributed by atoms with van der Waals surface area (Å²) >= 11 is 0. The second kappa shape index (κ2) is 4.68. The summed E-state index contributed by atoms with van der Waals surface area (Å²) in [5.41, 5.74) is -0.0453. The number of nitrogens with one attached hydrogen (secondary N) is 1. The molecule has 1 N–H and O–H groups in total. The lowest BCUT2D eigenvalue weighted by atomic mass is 10.3. The average Bonchev–Trinajstić information content (AvgIpc) is 3.08. The zero-order valence-corrected chi connectivity index (χ0v) is 9.99. The Morgan fingerprint density at radius 3 is 2.81 bits per heavy atom. The number of aryl methyl sites for hydroxylation is 1. The third-order valence-corrected chi connectivity index (χ3v) is 2.99. The molecule has 1 aliphatic carbocycles. The molecule has 16 heavy (non-hydrogen) atoms. The normalized spacial score (nSPS) is 15.1. The minimum Gasteiger partial charge on any atom is -0.356 e. The van der Waals surface area contributed by atoms with Gasteiger partial charge >= 0.3 is 0 Å². The van der Waals surface area contributed by atoms with Gasteiger partial charge in [-0.2, -0.15) is 0 Å². The lowest BCUT2D eigenvalue weighted by molar-refractivity contribution is 0.724. The van der Waals surface area contributed by atoms with Gasteiger partial charge in [-0.05, 0) is 25.7 Å². The first-order valence-corrected chi connectivity index (χ1v) is 6.08. The van der Waals surface area contributed by atoms with Crippen LogP contribution in [0.5, 0.6) is 0 Å². The molecule has 0 aliphatic heterocycles. The Morgan fingerprint density at radius 2 is 2.25 bits per heavy atom. The van der Waals surface area contributed by atoms with Crippen LogP contribution < -0.4 is 10.5 Å².